The lowest BCUT2D eigenvalue weighted by molar-refractivity contribution is 0.482. The van der Waals surface area contributed by atoms with E-state index in [1.165, 1.54) is 5.56 Å². The van der Waals surface area contributed by atoms with Gasteiger partial charge in [0.15, 0.2) is 5.11 Å². The molecule has 6 nitrogen and oxygen atoms in total. The van der Waals surface area contributed by atoms with Crippen LogP contribution < -0.4 is 15.0 Å². The molecule has 37 heavy (non-hydrogen) atoms. The Morgan fingerprint density at radius 1 is 0.811 bits per heavy atom. The van der Waals surface area contributed by atoms with E-state index in [1.807, 2.05) is 85.2 Å². The largest absolute Gasteiger partial charge is 0.457 e. The summed E-state index contributed by atoms with van der Waals surface area (Å²) in [5.74, 6) is 1.57. The van der Waals surface area contributed by atoms with E-state index in [-0.39, 0.29) is 12.1 Å². The molecule has 0 amide bonds. The van der Waals surface area contributed by atoms with Crippen LogP contribution in [0.2, 0.25) is 0 Å². The summed E-state index contributed by atoms with van der Waals surface area (Å²) in [5.41, 5.74) is 5.16. The summed E-state index contributed by atoms with van der Waals surface area (Å²) >= 11 is 5.89. The van der Waals surface area contributed by atoms with E-state index in [2.05, 4.69) is 56.1 Å². The highest BCUT2D eigenvalue weighted by Crippen LogP contribution is 2.42. The fourth-order valence-corrected chi connectivity index (χ4v) is 5.06. The smallest absolute Gasteiger partial charge is 0.174 e. The van der Waals surface area contributed by atoms with Gasteiger partial charge in [0.25, 0.3) is 0 Å². The molecular formula is C30H25N5OS. The van der Waals surface area contributed by atoms with Crippen LogP contribution in [0.15, 0.2) is 116 Å². The van der Waals surface area contributed by atoms with Crippen LogP contribution in [-0.2, 0) is 0 Å². The van der Waals surface area contributed by atoms with Crippen LogP contribution >= 0.6 is 12.2 Å². The highest BCUT2D eigenvalue weighted by atomic mass is 32.1. The molecule has 1 fully saturated rings. The molecule has 0 bridgehead atoms. The maximum atomic E-state index is 6.06. The van der Waals surface area contributed by atoms with Crippen LogP contribution in [-0.4, -0.2) is 19.6 Å². The minimum atomic E-state index is -0.138. The van der Waals surface area contributed by atoms with Gasteiger partial charge in [0, 0.05) is 30.0 Å². The number of benzene rings is 2. The molecule has 0 aliphatic carbocycles. The van der Waals surface area contributed by atoms with Crippen molar-refractivity contribution < 1.29 is 4.74 Å². The summed E-state index contributed by atoms with van der Waals surface area (Å²) in [4.78, 5) is 11.1. The summed E-state index contributed by atoms with van der Waals surface area (Å²) in [5, 5.41) is 4.18. The Morgan fingerprint density at radius 2 is 1.59 bits per heavy atom. The average Bonchev–Trinajstić information content (AvgIpc) is 3.56. The molecule has 0 unspecified atom stereocenters. The number of nitrogens with one attached hydrogen (secondary N) is 1. The third-order valence-corrected chi connectivity index (χ3v) is 6.79. The molecule has 1 aliphatic rings. The predicted octanol–water partition coefficient (Wildman–Crippen LogP) is 6.55. The van der Waals surface area contributed by atoms with Crippen molar-refractivity contribution in [2.24, 2.45) is 0 Å². The number of thiocarbonyl (C=S) groups is 1. The molecule has 2 aromatic carbocycles. The molecule has 2 atom stereocenters. The Bertz CT molecular complexity index is 1500. The van der Waals surface area contributed by atoms with Gasteiger partial charge in [-0.15, -0.1) is 0 Å². The molecule has 7 heteroatoms. The van der Waals surface area contributed by atoms with Crippen molar-refractivity contribution in [1.29, 1.82) is 0 Å². The average molecular weight is 504 g/mol. The maximum absolute atomic E-state index is 6.06. The molecule has 5 aromatic rings. The number of aromatic nitrogens is 3. The molecule has 0 saturated carbocycles. The molecule has 4 heterocycles. The summed E-state index contributed by atoms with van der Waals surface area (Å²) < 4.78 is 8.21. The van der Waals surface area contributed by atoms with E-state index in [0.717, 1.165) is 34.3 Å². The Morgan fingerprint density at radius 3 is 2.30 bits per heavy atom. The molecular weight excluding hydrogens is 478 g/mol. The topological polar surface area (TPSA) is 55.2 Å². The zero-order valence-corrected chi connectivity index (χ0v) is 21.0. The number of rotatable bonds is 6. The van der Waals surface area contributed by atoms with E-state index in [0.29, 0.717) is 5.11 Å². The highest BCUT2D eigenvalue weighted by molar-refractivity contribution is 7.80. The van der Waals surface area contributed by atoms with Gasteiger partial charge >= 0.3 is 0 Å². The Labute approximate surface area is 221 Å². The van der Waals surface area contributed by atoms with Crippen molar-refractivity contribution in [3.8, 4) is 17.2 Å². The number of aryl methyl sites for hydroxylation is 1. The number of nitrogens with zero attached hydrogens (tertiary/aromatic N) is 4. The van der Waals surface area contributed by atoms with Crippen molar-refractivity contribution in [2.75, 3.05) is 4.90 Å². The third-order valence-electron chi connectivity index (χ3n) is 6.48. The van der Waals surface area contributed by atoms with Crippen LogP contribution in [0.4, 0.5) is 5.69 Å². The molecule has 6 rings (SSSR count). The molecule has 1 aliphatic heterocycles. The van der Waals surface area contributed by atoms with E-state index in [4.69, 9.17) is 17.0 Å². The van der Waals surface area contributed by atoms with Gasteiger partial charge in [-0.05, 0) is 91.9 Å². The van der Waals surface area contributed by atoms with Gasteiger partial charge < -0.3 is 19.5 Å². The number of anilines is 1. The standard InChI is InChI=1S/C30H25N5OS/c1-21-9-13-24(14-10-21)36-25-15-11-22(12-16-25)35-29(28(33-30(35)37)26-7-2-3-18-32-26)27-8-5-19-34(27)23-6-4-17-31-20-23/h2-20,28-29H,1H3,(H,33,37)/t28-,29-/m1/s1. The Balaban J connectivity index is 1.38. The lowest BCUT2D eigenvalue weighted by Crippen LogP contribution is -2.30. The van der Waals surface area contributed by atoms with Gasteiger partial charge in [-0.2, -0.15) is 0 Å². The molecule has 3 aromatic heterocycles. The van der Waals surface area contributed by atoms with E-state index < -0.39 is 0 Å². The maximum Gasteiger partial charge on any atom is 0.174 e. The van der Waals surface area contributed by atoms with Gasteiger partial charge in [-0.3, -0.25) is 9.97 Å². The van der Waals surface area contributed by atoms with Crippen LogP contribution in [0.3, 0.4) is 0 Å². The summed E-state index contributed by atoms with van der Waals surface area (Å²) in [6.45, 7) is 2.06. The molecule has 182 valence electrons. The summed E-state index contributed by atoms with van der Waals surface area (Å²) in [6, 6.07) is 29.9. The minimum absolute atomic E-state index is 0.137. The highest BCUT2D eigenvalue weighted by Gasteiger charge is 2.42. The number of hydrogen-bond acceptors (Lipinski definition) is 4. The number of hydrogen-bond donors (Lipinski definition) is 1. The SMILES string of the molecule is Cc1ccc(Oc2ccc(N3C(=S)N[C@H](c4ccccn4)[C@H]3c3cccn3-c3cccnc3)cc2)cc1. The second kappa shape index (κ2) is 9.87. The van der Waals surface area contributed by atoms with E-state index in [9.17, 15) is 0 Å². The number of ether oxygens (including phenoxy) is 1. The first-order chi connectivity index (χ1) is 18.2. The Kier molecular flexibility index (Phi) is 6.12. The minimum Gasteiger partial charge on any atom is -0.457 e. The van der Waals surface area contributed by atoms with Gasteiger partial charge in [-0.25, -0.2) is 0 Å². The zero-order valence-electron chi connectivity index (χ0n) is 20.2. The molecule has 1 N–H and O–H groups in total. The Hall–Kier alpha value is -4.49. The molecule has 1 saturated heterocycles. The molecule has 0 spiro atoms. The van der Waals surface area contributed by atoms with Gasteiger partial charge in [0.1, 0.15) is 17.5 Å². The lowest BCUT2D eigenvalue weighted by atomic mass is 10.0. The zero-order chi connectivity index (χ0) is 25.2. The quantitative estimate of drug-likeness (QED) is 0.265. The normalized spacial score (nSPS) is 17.0. The van der Waals surface area contributed by atoms with Crippen molar-refractivity contribution in [3.63, 3.8) is 0 Å². The monoisotopic (exact) mass is 503 g/mol. The van der Waals surface area contributed by atoms with Gasteiger partial charge in [0.05, 0.1) is 23.6 Å². The first kappa shape index (κ1) is 22.9. The van der Waals surface area contributed by atoms with Crippen LogP contribution in [0.1, 0.15) is 29.0 Å². The summed E-state index contributed by atoms with van der Waals surface area (Å²) in [6.07, 6.45) is 7.51. The van der Waals surface area contributed by atoms with Crippen molar-refractivity contribution in [3.05, 3.63) is 133 Å². The number of pyridine rings is 2. The van der Waals surface area contributed by atoms with Crippen LogP contribution in [0, 0.1) is 6.92 Å². The van der Waals surface area contributed by atoms with Gasteiger partial charge in [0.2, 0.25) is 0 Å². The van der Waals surface area contributed by atoms with E-state index >= 15 is 0 Å². The van der Waals surface area contributed by atoms with E-state index in [1.54, 1.807) is 6.20 Å². The van der Waals surface area contributed by atoms with Crippen molar-refractivity contribution in [1.82, 2.24) is 19.9 Å². The van der Waals surface area contributed by atoms with Crippen molar-refractivity contribution >= 4 is 23.0 Å². The predicted molar refractivity (Wildman–Crippen MR) is 149 cm³/mol. The third kappa shape index (κ3) is 4.57. The fourth-order valence-electron chi connectivity index (χ4n) is 4.72. The first-order valence-corrected chi connectivity index (χ1v) is 12.5. The lowest BCUT2D eigenvalue weighted by Gasteiger charge is -2.29. The molecule has 0 radical (unpaired) electrons. The van der Waals surface area contributed by atoms with Crippen LogP contribution in [0.25, 0.3) is 5.69 Å². The van der Waals surface area contributed by atoms with Gasteiger partial charge in [-0.1, -0.05) is 23.8 Å². The second-order valence-electron chi connectivity index (χ2n) is 8.92. The van der Waals surface area contributed by atoms with Crippen molar-refractivity contribution in [2.45, 2.75) is 19.0 Å². The fraction of sp³-hybridized carbons (Fsp3) is 0.100. The van der Waals surface area contributed by atoms with Crippen LogP contribution in [0.5, 0.6) is 11.5 Å². The summed E-state index contributed by atoms with van der Waals surface area (Å²) in [7, 11) is 0. The second-order valence-corrected chi connectivity index (χ2v) is 9.31. The first-order valence-electron chi connectivity index (χ1n) is 12.1.